The minimum absolute atomic E-state index is 0.107. The lowest BCUT2D eigenvalue weighted by Gasteiger charge is -2.10. The van der Waals surface area contributed by atoms with Crippen LogP contribution >= 0.6 is 0 Å². The minimum Gasteiger partial charge on any atom is -0.327 e. The molecule has 0 aliphatic carbocycles. The fourth-order valence-corrected chi connectivity index (χ4v) is 3.96. The van der Waals surface area contributed by atoms with Gasteiger partial charge < -0.3 is 9.88 Å². The molecule has 1 amide bonds. The second kappa shape index (κ2) is 8.01. The fourth-order valence-electron chi connectivity index (χ4n) is 3.96. The van der Waals surface area contributed by atoms with E-state index in [-0.39, 0.29) is 5.91 Å². The number of hydrogen-bond donors (Lipinski definition) is 1. The lowest BCUT2D eigenvalue weighted by atomic mass is 10.1. The minimum atomic E-state index is -0.107. The molecular weight excluding hydrogens is 346 g/mol. The summed E-state index contributed by atoms with van der Waals surface area (Å²) in [6.45, 7) is 5.10. The van der Waals surface area contributed by atoms with Crippen LogP contribution in [0.1, 0.15) is 53.5 Å². The van der Waals surface area contributed by atoms with Crippen molar-refractivity contribution in [1.29, 1.82) is 0 Å². The first-order valence-electron chi connectivity index (χ1n) is 10.2. The van der Waals surface area contributed by atoms with E-state index in [0.717, 1.165) is 60.6 Å². The van der Waals surface area contributed by atoms with E-state index in [4.69, 9.17) is 4.98 Å². The van der Waals surface area contributed by atoms with E-state index in [2.05, 4.69) is 54.1 Å². The van der Waals surface area contributed by atoms with Crippen molar-refractivity contribution >= 4 is 11.6 Å². The highest BCUT2D eigenvalue weighted by atomic mass is 16.1. The van der Waals surface area contributed by atoms with Crippen LogP contribution in [0.25, 0.3) is 11.4 Å². The summed E-state index contributed by atoms with van der Waals surface area (Å²) < 4.78 is 2.26. The molecule has 0 saturated carbocycles. The Balaban J connectivity index is 1.74. The number of aromatic nitrogens is 2. The van der Waals surface area contributed by atoms with Crippen molar-refractivity contribution in [3.8, 4) is 11.4 Å². The average Bonchev–Trinajstić information content (AvgIpc) is 2.90. The number of benzene rings is 2. The highest BCUT2D eigenvalue weighted by molar-refractivity contribution is 6.04. The standard InChI is InChI=1S/C24H27N3O/c1-3-18-9-6-7-10-20(18)25-24(28)22-21-11-5-4-8-16-27(21)23(26-22)19-14-12-17(2)13-15-19/h6-7,9-10,12-15H,3-5,8,11,16H2,1-2H3,(H,25,28). The summed E-state index contributed by atoms with van der Waals surface area (Å²) in [7, 11) is 0. The number of rotatable bonds is 4. The van der Waals surface area contributed by atoms with Gasteiger partial charge in [-0.05, 0) is 44.2 Å². The van der Waals surface area contributed by atoms with Gasteiger partial charge in [0.1, 0.15) is 11.5 Å². The molecule has 0 saturated heterocycles. The number of fused-ring (bicyclic) bond motifs is 1. The smallest absolute Gasteiger partial charge is 0.276 e. The first kappa shape index (κ1) is 18.5. The van der Waals surface area contributed by atoms with Crippen LogP contribution in [0, 0.1) is 6.92 Å². The third-order valence-electron chi connectivity index (χ3n) is 5.54. The molecule has 1 aliphatic heterocycles. The molecule has 2 aromatic carbocycles. The van der Waals surface area contributed by atoms with E-state index in [1.54, 1.807) is 0 Å². The van der Waals surface area contributed by atoms with Crippen LogP contribution in [0.4, 0.5) is 5.69 Å². The maximum absolute atomic E-state index is 13.2. The van der Waals surface area contributed by atoms with Crippen molar-refractivity contribution in [1.82, 2.24) is 9.55 Å². The highest BCUT2D eigenvalue weighted by Gasteiger charge is 2.24. The zero-order valence-electron chi connectivity index (χ0n) is 16.7. The molecule has 0 spiro atoms. The van der Waals surface area contributed by atoms with Gasteiger partial charge in [-0.2, -0.15) is 0 Å². The molecule has 0 atom stereocenters. The maximum Gasteiger partial charge on any atom is 0.276 e. The zero-order chi connectivity index (χ0) is 19.5. The topological polar surface area (TPSA) is 46.9 Å². The van der Waals surface area contributed by atoms with E-state index < -0.39 is 0 Å². The molecule has 3 aromatic rings. The van der Waals surface area contributed by atoms with Crippen molar-refractivity contribution in [2.75, 3.05) is 5.32 Å². The van der Waals surface area contributed by atoms with Crippen LogP contribution < -0.4 is 5.32 Å². The summed E-state index contributed by atoms with van der Waals surface area (Å²) in [5.74, 6) is 0.802. The average molecular weight is 374 g/mol. The highest BCUT2D eigenvalue weighted by Crippen LogP contribution is 2.28. The molecule has 4 nitrogen and oxygen atoms in total. The Hall–Kier alpha value is -2.88. The molecule has 28 heavy (non-hydrogen) atoms. The van der Waals surface area contributed by atoms with E-state index in [0.29, 0.717) is 5.69 Å². The lowest BCUT2D eigenvalue weighted by molar-refractivity contribution is 0.102. The molecule has 0 unspecified atom stereocenters. The number of nitrogens with one attached hydrogen (secondary N) is 1. The molecule has 0 fully saturated rings. The van der Waals surface area contributed by atoms with Crippen LogP contribution in [-0.2, 0) is 19.4 Å². The number of aryl methyl sites for hydroxylation is 2. The van der Waals surface area contributed by atoms with Crippen molar-refractivity contribution in [3.63, 3.8) is 0 Å². The monoisotopic (exact) mass is 373 g/mol. The summed E-state index contributed by atoms with van der Waals surface area (Å²) in [6, 6.07) is 16.4. The van der Waals surface area contributed by atoms with Crippen molar-refractivity contribution in [2.45, 2.75) is 52.5 Å². The van der Waals surface area contributed by atoms with Crippen LogP contribution in [0.3, 0.4) is 0 Å². The van der Waals surface area contributed by atoms with Gasteiger partial charge in [0.25, 0.3) is 5.91 Å². The zero-order valence-corrected chi connectivity index (χ0v) is 16.7. The lowest BCUT2D eigenvalue weighted by Crippen LogP contribution is -2.16. The Labute approximate surface area is 166 Å². The number of carbonyl (C=O) groups is 1. The third-order valence-corrected chi connectivity index (χ3v) is 5.54. The first-order valence-corrected chi connectivity index (χ1v) is 10.2. The Kier molecular flexibility index (Phi) is 5.29. The molecule has 0 radical (unpaired) electrons. The predicted molar refractivity (Wildman–Crippen MR) is 114 cm³/mol. The van der Waals surface area contributed by atoms with E-state index in [9.17, 15) is 4.79 Å². The summed E-state index contributed by atoms with van der Waals surface area (Å²) >= 11 is 0. The van der Waals surface area contributed by atoms with E-state index in [1.165, 1.54) is 12.0 Å². The quantitative estimate of drug-likeness (QED) is 0.665. The summed E-state index contributed by atoms with van der Waals surface area (Å²) in [6.07, 6.45) is 5.20. The van der Waals surface area contributed by atoms with Crippen molar-refractivity contribution < 1.29 is 4.79 Å². The largest absolute Gasteiger partial charge is 0.327 e. The molecule has 144 valence electrons. The van der Waals surface area contributed by atoms with Gasteiger partial charge in [-0.15, -0.1) is 0 Å². The summed E-state index contributed by atoms with van der Waals surface area (Å²) in [5, 5.41) is 3.11. The van der Waals surface area contributed by atoms with Crippen LogP contribution in [0.5, 0.6) is 0 Å². The SMILES string of the molecule is CCc1ccccc1NC(=O)c1nc(-c2ccc(C)cc2)n2c1CCCCC2. The van der Waals surface area contributed by atoms with E-state index in [1.807, 2.05) is 18.2 Å². The van der Waals surface area contributed by atoms with Crippen LogP contribution in [-0.4, -0.2) is 15.5 Å². The molecule has 1 aromatic heterocycles. The fraction of sp³-hybridized carbons (Fsp3) is 0.333. The van der Waals surface area contributed by atoms with Crippen molar-refractivity contribution in [3.05, 3.63) is 71.0 Å². The molecule has 4 rings (SSSR count). The Morgan fingerprint density at radius 2 is 1.86 bits per heavy atom. The van der Waals surface area contributed by atoms with Gasteiger partial charge in [-0.25, -0.2) is 4.98 Å². The van der Waals surface area contributed by atoms with Gasteiger partial charge in [0, 0.05) is 17.8 Å². The Morgan fingerprint density at radius 3 is 2.64 bits per heavy atom. The second-order valence-electron chi connectivity index (χ2n) is 7.52. The second-order valence-corrected chi connectivity index (χ2v) is 7.52. The predicted octanol–water partition coefficient (Wildman–Crippen LogP) is 5.40. The van der Waals surface area contributed by atoms with Crippen LogP contribution in [0.2, 0.25) is 0 Å². The molecule has 0 bridgehead atoms. The van der Waals surface area contributed by atoms with Gasteiger partial charge in [-0.3, -0.25) is 4.79 Å². The third kappa shape index (κ3) is 3.59. The van der Waals surface area contributed by atoms with Gasteiger partial charge in [0.05, 0.1) is 5.69 Å². The molecule has 2 heterocycles. The summed E-state index contributed by atoms with van der Waals surface area (Å²) in [4.78, 5) is 18.0. The van der Waals surface area contributed by atoms with Gasteiger partial charge in [-0.1, -0.05) is 61.4 Å². The van der Waals surface area contributed by atoms with Gasteiger partial charge in [0.2, 0.25) is 0 Å². The molecular formula is C24H27N3O. The number of hydrogen-bond acceptors (Lipinski definition) is 2. The normalized spacial score (nSPS) is 13.6. The van der Waals surface area contributed by atoms with E-state index >= 15 is 0 Å². The number of carbonyl (C=O) groups excluding carboxylic acids is 1. The first-order chi connectivity index (χ1) is 13.7. The van der Waals surface area contributed by atoms with Crippen molar-refractivity contribution in [2.24, 2.45) is 0 Å². The Morgan fingerprint density at radius 1 is 1.07 bits per heavy atom. The number of para-hydroxylation sites is 1. The molecule has 1 aliphatic rings. The van der Waals surface area contributed by atoms with Crippen LogP contribution in [0.15, 0.2) is 48.5 Å². The number of amides is 1. The van der Waals surface area contributed by atoms with Gasteiger partial charge >= 0.3 is 0 Å². The van der Waals surface area contributed by atoms with Gasteiger partial charge in [0.15, 0.2) is 0 Å². The number of nitrogens with zero attached hydrogens (tertiary/aromatic N) is 2. The Bertz CT molecular complexity index is 986. The number of anilines is 1. The molecule has 4 heteroatoms. The molecule has 1 N–H and O–H groups in total. The summed E-state index contributed by atoms with van der Waals surface area (Å²) in [5.41, 5.74) is 5.95. The maximum atomic E-state index is 13.2. The number of imidazole rings is 1.